The second-order valence-corrected chi connectivity index (χ2v) is 17.1. The number of aromatic amines is 1. The van der Waals surface area contributed by atoms with Gasteiger partial charge >= 0.3 is 5.69 Å². The fourth-order valence-electron chi connectivity index (χ4n) is 6.79. The highest BCUT2D eigenvalue weighted by molar-refractivity contribution is 6.32. The van der Waals surface area contributed by atoms with Crippen LogP contribution >= 0.6 is 0 Å². The summed E-state index contributed by atoms with van der Waals surface area (Å²) < 4.78 is 34.1. The number of aryl methyl sites for hydroxylation is 1. The normalized spacial score (nSPS) is 18.5. The Morgan fingerprint density at radius 2 is 1.58 bits per heavy atom. The summed E-state index contributed by atoms with van der Waals surface area (Å²) in [6, 6.07) is 25.8. The molecule has 2 heterocycles. The van der Waals surface area contributed by atoms with Gasteiger partial charge in [0.05, 0.1) is 26.9 Å². The molecule has 0 amide bonds. The molecule has 12 nitrogen and oxygen atoms in total. The topological polar surface area (TPSA) is 150 Å². The van der Waals surface area contributed by atoms with Gasteiger partial charge in [-0.3, -0.25) is 14.3 Å². The lowest BCUT2D eigenvalue weighted by Gasteiger charge is -2.41. The summed E-state index contributed by atoms with van der Waals surface area (Å²) in [6.07, 6.45) is 7.99. The number of azide groups is 1. The minimum atomic E-state index is -1.18. The van der Waals surface area contributed by atoms with Gasteiger partial charge in [-0.2, -0.15) is 0 Å². The van der Waals surface area contributed by atoms with E-state index in [0.29, 0.717) is 35.9 Å². The zero-order valence-electron chi connectivity index (χ0n) is 34.1. The third-order valence-corrected chi connectivity index (χ3v) is 12.5. The highest BCUT2D eigenvalue weighted by Gasteiger charge is 2.52. The number of unbranched alkanes of at least 4 members (excludes halogenated alkanes) is 3. The number of nitrogens with one attached hydrogen (secondary N) is 1. The minimum Gasteiger partial charge on any atom is -0.497 e. The van der Waals surface area contributed by atoms with Gasteiger partial charge in [0.25, 0.3) is 5.56 Å². The summed E-state index contributed by atoms with van der Waals surface area (Å²) in [6.45, 7) is 10.9. The smallest absolute Gasteiger partial charge is 0.330 e. The Labute approximate surface area is 337 Å². The van der Waals surface area contributed by atoms with Gasteiger partial charge in [0, 0.05) is 29.6 Å². The van der Waals surface area contributed by atoms with Crippen LogP contribution in [0.5, 0.6) is 11.5 Å². The van der Waals surface area contributed by atoms with E-state index >= 15 is 0 Å². The summed E-state index contributed by atoms with van der Waals surface area (Å²) in [5.41, 5.74) is 8.36. The van der Waals surface area contributed by atoms with Crippen molar-refractivity contribution in [2.75, 3.05) is 27.4 Å². The first-order chi connectivity index (χ1) is 27.4. The molecule has 3 aromatic carbocycles. The van der Waals surface area contributed by atoms with Crippen LogP contribution in [0.2, 0.25) is 5.04 Å². The van der Waals surface area contributed by atoms with Crippen molar-refractivity contribution >= 4 is 9.76 Å². The van der Waals surface area contributed by atoms with Crippen LogP contribution < -0.4 is 20.7 Å². The molecule has 1 fully saturated rings. The Kier molecular flexibility index (Phi) is 14.8. The summed E-state index contributed by atoms with van der Waals surface area (Å²) in [7, 11) is 3.39. The number of H-pyrrole nitrogens is 1. The molecule has 0 aliphatic carbocycles. The number of hydrogen-bond donors (Lipinski definition) is 1. The molecule has 3 atom stereocenters. The Morgan fingerprint density at radius 3 is 2.16 bits per heavy atom. The van der Waals surface area contributed by atoms with Gasteiger partial charge in [0.15, 0.2) is 0 Å². The number of rotatable bonds is 20. The van der Waals surface area contributed by atoms with Crippen LogP contribution in [0.4, 0.5) is 0 Å². The summed E-state index contributed by atoms with van der Waals surface area (Å²) in [4.78, 5) is 31.1. The maximum absolute atomic E-state index is 13.4. The van der Waals surface area contributed by atoms with Crippen LogP contribution in [0.3, 0.4) is 0 Å². The number of ether oxygens (including phenoxy) is 4. The lowest BCUT2D eigenvalue weighted by Crippen LogP contribution is -2.48. The molecule has 1 aliphatic rings. The van der Waals surface area contributed by atoms with Crippen LogP contribution in [0.15, 0.2) is 112 Å². The average Bonchev–Trinajstić information content (AvgIpc) is 3.58. The van der Waals surface area contributed by atoms with Gasteiger partial charge in [0.1, 0.15) is 28.9 Å². The van der Waals surface area contributed by atoms with E-state index in [1.54, 1.807) is 27.3 Å². The molecule has 13 heteroatoms. The van der Waals surface area contributed by atoms with Crippen molar-refractivity contribution < 1.29 is 23.4 Å². The van der Waals surface area contributed by atoms with Crippen molar-refractivity contribution in [3.05, 3.63) is 151 Å². The predicted octanol–water partition coefficient (Wildman–Crippen LogP) is 8.81. The second kappa shape index (κ2) is 19.5. The van der Waals surface area contributed by atoms with Gasteiger partial charge in [-0.05, 0) is 83.6 Å². The van der Waals surface area contributed by atoms with E-state index in [1.807, 2.05) is 72.8 Å². The summed E-state index contributed by atoms with van der Waals surface area (Å²) in [5.74, 6) is 1.75. The largest absolute Gasteiger partial charge is 0.497 e. The first-order valence-electron chi connectivity index (χ1n) is 19.5. The zero-order chi connectivity index (χ0) is 41.1. The third kappa shape index (κ3) is 10.2. The van der Waals surface area contributed by atoms with Crippen LogP contribution in [0.1, 0.15) is 88.3 Å². The number of benzene rings is 3. The fourth-order valence-corrected chi connectivity index (χ4v) is 7.76. The Bertz CT molecular complexity index is 2050. The van der Waals surface area contributed by atoms with Gasteiger partial charge in [-0.15, -0.1) is 0 Å². The predicted molar refractivity (Wildman–Crippen MR) is 223 cm³/mol. The van der Waals surface area contributed by atoms with E-state index in [-0.39, 0.29) is 21.4 Å². The van der Waals surface area contributed by atoms with Crippen LogP contribution in [0.25, 0.3) is 10.4 Å². The second-order valence-electron chi connectivity index (χ2n) is 15.3. The van der Waals surface area contributed by atoms with E-state index in [1.165, 1.54) is 4.57 Å². The molecule has 1 N–H and O–H groups in total. The van der Waals surface area contributed by atoms with Crippen molar-refractivity contribution in [3.8, 4) is 11.5 Å². The number of nitrogens with zero attached hydrogens (tertiary/aromatic N) is 4. The quantitative estimate of drug-likeness (QED) is 0.0179. The Balaban J connectivity index is 1.67. The molecule has 0 unspecified atom stereocenters. The number of allylic oxidation sites excluding steroid dienone is 1. The summed E-state index contributed by atoms with van der Waals surface area (Å²) in [5, 5.41) is 3.52. The molecular formula is C44H55N5O7Si. The van der Waals surface area contributed by atoms with Crippen molar-refractivity contribution in [1.29, 1.82) is 0 Å². The molecular weight excluding hydrogens is 739 g/mol. The maximum Gasteiger partial charge on any atom is 0.330 e. The van der Waals surface area contributed by atoms with E-state index in [9.17, 15) is 9.59 Å². The Hall–Kier alpha value is -4.91. The maximum atomic E-state index is 13.4. The van der Waals surface area contributed by atoms with Crippen molar-refractivity contribution in [3.63, 3.8) is 0 Å². The van der Waals surface area contributed by atoms with Crippen LogP contribution in [-0.4, -0.2) is 58.4 Å². The standard InChI is InChI=1S/C44H55N5O7Si/c1-31(2)42(4,5)57-56-38-28-39(49-29-32(3)40(50)47-41(49)51)55-43(38,26-14-9-8-10-15-27-46-48-45)30-54-44(33-16-12-11-13-17-33,34-18-22-36(52-6)23-19-34)35-20-24-37(53-7)25-21-35/h11-14,16-26,29,31,38-39H,8-10,15,27-28,30H2,1-7H3,(H,47,50,51)/t38-,39+,43+/m0/s1. The highest BCUT2D eigenvalue weighted by Crippen LogP contribution is 2.47. The fraction of sp³-hybridized carbons (Fsp3) is 0.455. The van der Waals surface area contributed by atoms with E-state index < -0.39 is 34.8 Å². The van der Waals surface area contributed by atoms with E-state index in [0.717, 1.165) is 42.4 Å². The molecule has 1 aromatic heterocycles. The first-order valence-corrected chi connectivity index (χ1v) is 20.4. The van der Waals surface area contributed by atoms with Crippen molar-refractivity contribution in [2.45, 2.75) is 95.3 Å². The first kappa shape index (κ1) is 43.2. The van der Waals surface area contributed by atoms with Gasteiger partial charge in [-0.25, -0.2) is 4.79 Å². The van der Waals surface area contributed by atoms with Gasteiger partial charge in [-0.1, -0.05) is 106 Å². The SMILES string of the molecule is COc1ccc(C(OC[C@@]2(C=CCCCCCN=[N+]=[N-])O[C@@H](n3cc(C)c(=O)[nH]c3=O)C[C@@H]2O[Si]C(C)(C)C(C)C)(c2ccccc2)c2ccc(OC)cc2)cc1. The van der Waals surface area contributed by atoms with Gasteiger partial charge in [0.2, 0.25) is 9.76 Å². The van der Waals surface area contributed by atoms with Crippen LogP contribution in [-0.2, 0) is 19.5 Å². The molecule has 302 valence electrons. The molecule has 0 bridgehead atoms. The van der Waals surface area contributed by atoms with E-state index in [2.05, 4.69) is 60.9 Å². The van der Waals surface area contributed by atoms with Crippen molar-refractivity contribution in [2.24, 2.45) is 11.0 Å². The molecule has 5 rings (SSSR count). The zero-order valence-corrected chi connectivity index (χ0v) is 35.1. The molecule has 0 spiro atoms. The van der Waals surface area contributed by atoms with Gasteiger partial charge < -0.3 is 23.4 Å². The minimum absolute atomic E-state index is 0.0260. The number of methoxy groups -OCH3 is 2. The average molecular weight is 794 g/mol. The third-order valence-electron chi connectivity index (χ3n) is 11.0. The molecule has 4 aromatic rings. The molecule has 0 saturated carbocycles. The molecule has 57 heavy (non-hydrogen) atoms. The Morgan fingerprint density at radius 1 is 0.965 bits per heavy atom. The molecule has 2 radical (unpaired) electrons. The summed E-state index contributed by atoms with van der Waals surface area (Å²) >= 11 is 0. The highest BCUT2D eigenvalue weighted by atomic mass is 28.2. The lowest BCUT2D eigenvalue weighted by atomic mass is 9.79. The molecule has 1 saturated heterocycles. The lowest BCUT2D eigenvalue weighted by molar-refractivity contribution is -0.133. The van der Waals surface area contributed by atoms with Crippen molar-refractivity contribution in [1.82, 2.24) is 9.55 Å². The monoisotopic (exact) mass is 793 g/mol. The van der Waals surface area contributed by atoms with Crippen LogP contribution in [0, 0.1) is 12.8 Å². The number of hydrogen-bond acceptors (Lipinski definition) is 8. The molecule has 1 aliphatic heterocycles. The van der Waals surface area contributed by atoms with E-state index in [4.69, 9.17) is 28.9 Å². The number of aromatic nitrogens is 2.